The summed E-state index contributed by atoms with van der Waals surface area (Å²) in [6.07, 6.45) is 0.546. The largest absolute Gasteiger partial charge is 0.493 e. The summed E-state index contributed by atoms with van der Waals surface area (Å²) < 4.78 is 24.2. The average Bonchev–Trinajstić information content (AvgIpc) is 2.91. The molecule has 3 rings (SSSR count). The number of aliphatic hydroxyl groups excluding tert-OH is 2. The number of amides is 1. The summed E-state index contributed by atoms with van der Waals surface area (Å²) in [5.41, 5.74) is -1.26. The number of carbonyl (C=O) groups is 2. The Morgan fingerprint density at radius 3 is 2.58 bits per heavy atom. The van der Waals surface area contributed by atoms with Gasteiger partial charge in [-0.15, -0.1) is 0 Å². The average molecular weight is 519 g/mol. The van der Waals surface area contributed by atoms with E-state index in [0.29, 0.717) is 17.6 Å². The monoisotopic (exact) mass is 518 g/mol. The first-order valence-corrected chi connectivity index (χ1v) is 11.1. The Kier molecular flexibility index (Phi) is 8.94. The van der Waals surface area contributed by atoms with Gasteiger partial charge >= 0.3 is 0 Å². The van der Waals surface area contributed by atoms with Gasteiger partial charge in [-0.3, -0.25) is 9.59 Å². The van der Waals surface area contributed by atoms with E-state index in [9.17, 15) is 24.2 Å². The second-order valence-corrected chi connectivity index (χ2v) is 8.10. The molecule has 1 atom stereocenters. The first-order valence-electron chi connectivity index (χ1n) is 10.7. The lowest BCUT2D eigenvalue weighted by Crippen LogP contribution is -2.44. The first kappa shape index (κ1) is 27.0. The molecule has 4 N–H and O–H groups in total. The van der Waals surface area contributed by atoms with Crippen LogP contribution >= 0.6 is 11.6 Å². The number of rotatable bonds is 11. The van der Waals surface area contributed by atoms with E-state index in [0.717, 1.165) is 6.07 Å². The predicted molar refractivity (Wildman–Crippen MR) is 129 cm³/mol. The molecule has 0 saturated carbocycles. The maximum Gasteiger partial charge on any atom is 0.251 e. The van der Waals surface area contributed by atoms with E-state index in [4.69, 9.17) is 26.2 Å². The fourth-order valence-electron chi connectivity index (χ4n) is 3.34. The third kappa shape index (κ3) is 5.97. The molecule has 9 nitrogen and oxygen atoms in total. The molecular weight excluding hydrogens is 495 g/mol. The smallest absolute Gasteiger partial charge is 0.251 e. The second kappa shape index (κ2) is 11.9. The van der Waals surface area contributed by atoms with Crippen LogP contribution in [0.15, 0.2) is 48.5 Å². The summed E-state index contributed by atoms with van der Waals surface area (Å²) >= 11 is 5.86. The fourth-order valence-corrected chi connectivity index (χ4v) is 3.52. The van der Waals surface area contributed by atoms with Crippen LogP contribution in [0.2, 0.25) is 5.02 Å². The number of methoxy groups -OCH3 is 1. The van der Waals surface area contributed by atoms with Crippen molar-refractivity contribution in [3.05, 3.63) is 76.2 Å². The highest BCUT2D eigenvalue weighted by atomic mass is 35.5. The zero-order valence-electron chi connectivity index (χ0n) is 19.2. The third-order valence-electron chi connectivity index (χ3n) is 5.30. The zero-order chi connectivity index (χ0) is 26.3. The number of benzene rings is 2. The Labute approximate surface area is 211 Å². The number of nitrogens with one attached hydrogen (secondary N) is 1. The summed E-state index contributed by atoms with van der Waals surface area (Å²) in [5.74, 6) is -0.627. The van der Waals surface area contributed by atoms with Gasteiger partial charge in [0.25, 0.3) is 5.91 Å². The van der Waals surface area contributed by atoms with Gasteiger partial charge in [-0.2, -0.15) is 0 Å². The summed E-state index contributed by atoms with van der Waals surface area (Å²) in [5, 5.41) is 32.3. The van der Waals surface area contributed by atoms with Crippen molar-refractivity contribution in [2.45, 2.75) is 5.60 Å². The van der Waals surface area contributed by atoms with Crippen LogP contribution < -0.4 is 14.8 Å². The van der Waals surface area contributed by atoms with Crippen LogP contribution in [0.25, 0.3) is 11.3 Å². The van der Waals surface area contributed by atoms with E-state index in [1.165, 1.54) is 49.6 Å². The number of aliphatic hydroxyl groups is 3. The summed E-state index contributed by atoms with van der Waals surface area (Å²) in [4.78, 5) is 28.6. The van der Waals surface area contributed by atoms with Crippen molar-refractivity contribution in [2.24, 2.45) is 0 Å². The van der Waals surface area contributed by atoms with E-state index in [2.05, 4.69) is 10.3 Å². The molecule has 0 saturated heterocycles. The maximum atomic E-state index is 13.6. The van der Waals surface area contributed by atoms with Crippen molar-refractivity contribution >= 4 is 23.8 Å². The van der Waals surface area contributed by atoms with E-state index >= 15 is 0 Å². The molecule has 1 aromatic heterocycles. The summed E-state index contributed by atoms with van der Waals surface area (Å²) in [6.45, 7) is -1.37. The highest BCUT2D eigenvalue weighted by Crippen LogP contribution is 2.30. The minimum atomic E-state index is -2.01. The number of hydrogen-bond donors (Lipinski definition) is 4. The van der Waals surface area contributed by atoms with Crippen molar-refractivity contribution in [1.29, 1.82) is 0 Å². The van der Waals surface area contributed by atoms with Gasteiger partial charge in [0, 0.05) is 16.7 Å². The van der Waals surface area contributed by atoms with Crippen molar-refractivity contribution in [3.63, 3.8) is 0 Å². The van der Waals surface area contributed by atoms with Gasteiger partial charge in [-0.05, 0) is 48.5 Å². The Balaban J connectivity index is 1.85. The molecule has 0 aliphatic heterocycles. The van der Waals surface area contributed by atoms with Gasteiger partial charge < -0.3 is 30.1 Å². The van der Waals surface area contributed by atoms with Gasteiger partial charge in [0.15, 0.2) is 17.8 Å². The van der Waals surface area contributed by atoms with Crippen LogP contribution in [0.5, 0.6) is 11.5 Å². The van der Waals surface area contributed by atoms with Gasteiger partial charge in [-0.1, -0.05) is 11.6 Å². The molecule has 3 aromatic rings. The van der Waals surface area contributed by atoms with E-state index in [-0.39, 0.29) is 46.5 Å². The lowest BCUT2D eigenvalue weighted by molar-refractivity contribution is -0.0203. The standard InChI is InChI=1S/C25H24ClFN2O7/c1-35-21-11-16(3-6-20(21)36-9-8-30)24(33)28-13-25(34,14-32)22-7-4-17(12-31)23(29-22)15-2-5-19(27)18(26)10-15/h2-7,10-12,30,32,34H,8-9,13-14H2,1H3,(H,28,33). The molecular formula is C25H24ClFN2O7. The number of halogens is 2. The van der Waals surface area contributed by atoms with Crippen LogP contribution in [0.4, 0.5) is 4.39 Å². The molecule has 0 aliphatic carbocycles. The molecule has 0 radical (unpaired) electrons. The number of carbonyl (C=O) groups excluding carboxylic acids is 2. The highest BCUT2D eigenvalue weighted by Gasteiger charge is 2.32. The van der Waals surface area contributed by atoms with Crippen LogP contribution in [0.1, 0.15) is 26.4 Å². The lowest BCUT2D eigenvalue weighted by atomic mass is 9.97. The van der Waals surface area contributed by atoms with Crippen LogP contribution in [0, 0.1) is 5.82 Å². The fraction of sp³-hybridized carbons (Fsp3) is 0.240. The number of pyridine rings is 1. The Morgan fingerprint density at radius 1 is 1.17 bits per heavy atom. The van der Waals surface area contributed by atoms with E-state index < -0.39 is 30.5 Å². The maximum absolute atomic E-state index is 13.6. The van der Waals surface area contributed by atoms with E-state index in [1.807, 2.05) is 0 Å². The normalized spacial score (nSPS) is 12.5. The number of hydrogen-bond acceptors (Lipinski definition) is 8. The van der Waals surface area contributed by atoms with Crippen molar-refractivity contribution in [1.82, 2.24) is 10.3 Å². The molecule has 0 spiro atoms. The van der Waals surface area contributed by atoms with Gasteiger partial charge in [0.1, 0.15) is 18.0 Å². The number of ether oxygens (including phenoxy) is 2. The number of aldehydes is 1. The molecule has 0 fully saturated rings. The minimum absolute atomic E-state index is 0.0309. The van der Waals surface area contributed by atoms with Crippen molar-refractivity contribution in [2.75, 3.05) is 33.5 Å². The zero-order valence-corrected chi connectivity index (χ0v) is 20.0. The summed E-state index contributed by atoms with van der Waals surface area (Å²) in [7, 11) is 1.40. The van der Waals surface area contributed by atoms with Crippen LogP contribution in [-0.4, -0.2) is 66.0 Å². The van der Waals surface area contributed by atoms with Crippen molar-refractivity contribution in [3.8, 4) is 22.8 Å². The molecule has 0 aliphatic rings. The van der Waals surface area contributed by atoms with Crippen molar-refractivity contribution < 1.29 is 38.8 Å². The Morgan fingerprint density at radius 2 is 1.94 bits per heavy atom. The quantitative estimate of drug-likeness (QED) is 0.284. The number of aromatic nitrogens is 1. The molecule has 1 heterocycles. The molecule has 1 unspecified atom stereocenters. The SMILES string of the molecule is COc1cc(C(=O)NCC(O)(CO)c2ccc(C=O)c(-c3ccc(F)c(Cl)c3)n2)ccc1OCCO. The number of nitrogens with zero attached hydrogens (tertiary/aromatic N) is 1. The van der Waals surface area contributed by atoms with Crippen LogP contribution in [-0.2, 0) is 5.60 Å². The first-order chi connectivity index (χ1) is 17.3. The Bertz CT molecular complexity index is 1260. The van der Waals surface area contributed by atoms with E-state index in [1.54, 1.807) is 0 Å². The Hall–Kier alpha value is -3.57. The molecule has 190 valence electrons. The second-order valence-electron chi connectivity index (χ2n) is 7.69. The van der Waals surface area contributed by atoms with Gasteiger partial charge in [-0.25, -0.2) is 9.37 Å². The molecule has 0 bridgehead atoms. The molecule has 36 heavy (non-hydrogen) atoms. The third-order valence-corrected chi connectivity index (χ3v) is 5.59. The lowest BCUT2D eigenvalue weighted by Gasteiger charge is -2.26. The minimum Gasteiger partial charge on any atom is -0.493 e. The van der Waals surface area contributed by atoms with Gasteiger partial charge in [0.2, 0.25) is 0 Å². The topological polar surface area (TPSA) is 138 Å². The summed E-state index contributed by atoms with van der Waals surface area (Å²) in [6, 6.07) is 10.9. The highest BCUT2D eigenvalue weighted by molar-refractivity contribution is 6.31. The van der Waals surface area contributed by atoms with Crippen LogP contribution in [0.3, 0.4) is 0 Å². The molecule has 1 amide bonds. The molecule has 11 heteroatoms. The predicted octanol–water partition coefficient (Wildman–Crippen LogP) is 2.34. The molecule has 2 aromatic carbocycles. The van der Waals surface area contributed by atoms with Gasteiger partial charge in [0.05, 0.1) is 43.3 Å².